The van der Waals surface area contributed by atoms with Gasteiger partial charge in [-0.15, -0.1) is 11.3 Å². The number of hydrogen-bond acceptors (Lipinski definition) is 3. The van der Waals surface area contributed by atoms with E-state index in [1.54, 1.807) is 17.5 Å². The van der Waals surface area contributed by atoms with Gasteiger partial charge >= 0.3 is 0 Å². The molecule has 1 unspecified atom stereocenters. The zero-order chi connectivity index (χ0) is 13.1. The van der Waals surface area contributed by atoms with Crippen molar-refractivity contribution in [1.82, 2.24) is 0 Å². The monoisotopic (exact) mass is 279 g/mol. The van der Waals surface area contributed by atoms with Crippen LogP contribution in [-0.2, 0) is 0 Å². The summed E-state index contributed by atoms with van der Waals surface area (Å²) in [7, 11) is 0. The molecule has 0 fully saturated rings. The van der Waals surface area contributed by atoms with Gasteiger partial charge in [-0.3, -0.25) is 4.79 Å². The van der Waals surface area contributed by atoms with Gasteiger partial charge in [-0.2, -0.15) is 5.26 Å². The third-order valence-electron chi connectivity index (χ3n) is 2.45. The molecule has 2 aromatic rings. The predicted molar refractivity (Wildman–Crippen MR) is 68.4 cm³/mol. The SMILES string of the molecule is N#CC(C(=O)c1cccs1)c1cccc(Cl)c1F. The van der Waals surface area contributed by atoms with Crippen LogP contribution in [0.1, 0.15) is 21.2 Å². The maximum absolute atomic E-state index is 13.8. The number of Topliss-reactive ketones (excluding diaryl/α,β-unsaturated/α-hetero) is 1. The molecule has 0 aliphatic heterocycles. The van der Waals surface area contributed by atoms with Gasteiger partial charge in [0.2, 0.25) is 0 Å². The number of nitriles is 1. The molecular formula is C13H7ClFNOS. The fraction of sp³-hybridized carbons (Fsp3) is 0.0769. The Kier molecular flexibility index (Phi) is 3.75. The van der Waals surface area contributed by atoms with E-state index < -0.39 is 17.5 Å². The number of carbonyl (C=O) groups is 1. The molecule has 1 heterocycles. The van der Waals surface area contributed by atoms with Gasteiger partial charge in [0, 0.05) is 5.56 Å². The number of halogens is 2. The van der Waals surface area contributed by atoms with Crippen LogP contribution in [0.5, 0.6) is 0 Å². The van der Waals surface area contributed by atoms with E-state index in [1.807, 2.05) is 6.07 Å². The van der Waals surface area contributed by atoms with Crippen LogP contribution in [-0.4, -0.2) is 5.78 Å². The molecule has 0 saturated carbocycles. The van der Waals surface area contributed by atoms with Crippen LogP contribution >= 0.6 is 22.9 Å². The molecule has 1 aromatic carbocycles. The summed E-state index contributed by atoms with van der Waals surface area (Å²) in [6.07, 6.45) is 0. The predicted octanol–water partition coefficient (Wildman–Crippen LogP) is 4.03. The van der Waals surface area contributed by atoms with Crippen molar-refractivity contribution < 1.29 is 9.18 Å². The second-order valence-electron chi connectivity index (χ2n) is 3.55. The number of thiophene rings is 1. The van der Waals surface area contributed by atoms with Crippen LogP contribution in [0.3, 0.4) is 0 Å². The van der Waals surface area contributed by atoms with Crippen molar-refractivity contribution in [3.63, 3.8) is 0 Å². The highest BCUT2D eigenvalue weighted by Crippen LogP contribution is 2.28. The van der Waals surface area contributed by atoms with Crippen molar-refractivity contribution in [3.05, 3.63) is 57.0 Å². The Bertz CT molecular complexity index is 618. The van der Waals surface area contributed by atoms with E-state index >= 15 is 0 Å². The van der Waals surface area contributed by atoms with Crippen LogP contribution in [0.15, 0.2) is 35.7 Å². The van der Waals surface area contributed by atoms with Gasteiger partial charge in [-0.1, -0.05) is 29.8 Å². The average Bonchev–Trinajstić information content (AvgIpc) is 2.89. The van der Waals surface area contributed by atoms with E-state index in [0.717, 1.165) is 0 Å². The Morgan fingerprint density at radius 2 is 2.17 bits per heavy atom. The van der Waals surface area contributed by atoms with Gasteiger partial charge in [-0.05, 0) is 17.5 Å². The molecule has 0 aliphatic carbocycles. The summed E-state index contributed by atoms with van der Waals surface area (Å²) in [6, 6.07) is 9.46. The molecule has 2 nitrogen and oxygen atoms in total. The third-order valence-corrected chi connectivity index (χ3v) is 3.62. The van der Waals surface area contributed by atoms with Crippen molar-refractivity contribution in [1.29, 1.82) is 5.26 Å². The summed E-state index contributed by atoms with van der Waals surface area (Å²) >= 11 is 6.87. The molecule has 0 saturated heterocycles. The van der Waals surface area contributed by atoms with Crippen molar-refractivity contribution in [3.8, 4) is 6.07 Å². The second kappa shape index (κ2) is 5.30. The van der Waals surface area contributed by atoms with Crippen molar-refractivity contribution >= 4 is 28.7 Å². The average molecular weight is 280 g/mol. The van der Waals surface area contributed by atoms with Crippen LogP contribution < -0.4 is 0 Å². The molecule has 0 spiro atoms. The lowest BCUT2D eigenvalue weighted by molar-refractivity contribution is 0.0981. The first-order valence-electron chi connectivity index (χ1n) is 5.06. The van der Waals surface area contributed by atoms with E-state index in [2.05, 4.69) is 0 Å². The van der Waals surface area contributed by atoms with Gasteiger partial charge < -0.3 is 0 Å². The largest absolute Gasteiger partial charge is 0.291 e. The molecule has 0 bridgehead atoms. The molecule has 18 heavy (non-hydrogen) atoms. The Labute approximate surface area is 112 Å². The number of rotatable bonds is 3. The molecule has 0 radical (unpaired) electrons. The molecule has 1 atom stereocenters. The lowest BCUT2D eigenvalue weighted by Crippen LogP contribution is -2.11. The van der Waals surface area contributed by atoms with E-state index in [0.29, 0.717) is 4.88 Å². The smallest absolute Gasteiger partial charge is 0.194 e. The van der Waals surface area contributed by atoms with Crippen molar-refractivity contribution in [2.45, 2.75) is 5.92 Å². The number of hydrogen-bond donors (Lipinski definition) is 0. The van der Waals surface area contributed by atoms with Gasteiger partial charge in [-0.25, -0.2) is 4.39 Å². The summed E-state index contributed by atoms with van der Waals surface area (Å²) in [6.45, 7) is 0. The first-order valence-corrected chi connectivity index (χ1v) is 6.32. The number of ketones is 1. The summed E-state index contributed by atoms with van der Waals surface area (Å²) < 4.78 is 13.8. The maximum Gasteiger partial charge on any atom is 0.194 e. The second-order valence-corrected chi connectivity index (χ2v) is 4.90. The maximum atomic E-state index is 13.8. The Balaban J connectivity index is 2.44. The van der Waals surface area contributed by atoms with Crippen LogP contribution in [0, 0.1) is 17.1 Å². The minimum atomic E-state index is -1.16. The number of carbonyl (C=O) groups excluding carboxylic acids is 1. The number of nitrogens with zero attached hydrogens (tertiary/aromatic N) is 1. The van der Waals surface area contributed by atoms with E-state index in [9.17, 15) is 9.18 Å². The zero-order valence-corrected chi connectivity index (χ0v) is 10.6. The molecule has 0 aliphatic rings. The Morgan fingerprint density at radius 1 is 1.39 bits per heavy atom. The van der Waals surface area contributed by atoms with Crippen LogP contribution in [0.4, 0.5) is 4.39 Å². The molecule has 1 aromatic heterocycles. The van der Waals surface area contributed by atoms with Gasteiger partial charge in [0.1, 0.15) is 11.7 Å². The van der Waals surface area contributed by atoms with Gasteiger partial charge in [0.15, 0.2) is 5.78 Å². The highest BCUT2D eigenvalue weighted by Gasteiger charge is 2.26. The highest BCUT2D eigenvalue weighted by atomic mass is 35.5. The summed E-state index contributed by atoms with van der Waals surface area (Å²) in [5, 5.41) is 10.7. The van der Waals surface area contributed by atoms with Crippen molar-refractivity contribution in [2.75, 3.05) is 0 Å². The molecule has 90 valence electrons. The zero-order valence-electron chi connectivity index (χ0n) is 9.06. The standard InChI is InChI=1S/C13H7ClFNOS/c14-10-4-1-3-8(12(10)15)9(7-16)13(17)11-5-2-6-18-11/h1-6,9H. The van der Waals surface area contributed by atoms with Crippen LogP contribution in [0.25, 0.3) is 0 Å². The topological polar surface area (TPSA) is 40.9 Å². The summed E-state index contributed by atoms with van der Waals surface area (Å²) in [5.74, 6) is -2.29. The molecule has 0 amide bonds. The summed E-state index contributed by atoms with van der Waals surface area (Å²) in [4.78, 5) is 12.5. The summed E-state index contributed by atoms with van der Waals surface area (Å²) in [5.41, 5.74) is 0.0170. The molecule has 2 rings (SSSR count). The van der Waals surface area contributed by atoms with E-state index in [1.165, 1.54) is 29.5 Å². The lowest BCUT2D eigenvalue weighted by Gasteiger charge is -2.09. The highest BCUT2D eigenvalue weighted by molar-refractivity contribution is 7.12. The minimum absolute atomic E-state index is 0.0170. The third kappa shape index (κ3) is 2.28. The quantitative estimate of drug-likeness (QED) is 0.796. The normalized spacial score (nSPS) is 11.8. The Morgan fingerprint density at radius 3 is 2.78 bits per heavy atom. The number of benzene rings is 1. The van der Waals surface area contributed by atoms with Crippen LogP contribution in [0.2, 0.25) is 5.02 Å². The fourth-order valence-corrected chi connectivity index (χ4v) is 2.45. The fourth-order valence-electron chi connectivity index (χ4n) is 1.57. The van der Waals surface area contributed by atoms with Gasteiger partial charge in [0.25, 0.3) is 0 Å². The van der Waals surface area contributed by atoms with Crippen molar-refractivity contribution in [2.24, 2.45) is 0 Å². The molecular weight excluding hydrogens is 273 g/mol. The van der Waals surface area contributed by atoms with Gasteiger partial charge in [0.05, 0.1) is 16.0 Å². The first-order chi connectivity index (χ1) is 8.65. The Hall–Kier alpha value is -1.70. The molecule has 0 N–H and O–H groups in total. The van der Waals surface area contributed by atoms with E-state index in [4.69, 9.17) is 16.9 Å². The van der Waals surface area contributed by atoms with E-state index in [-0.39, 0.29) is 10.6 Å². The first kappa shape index (κ1) is 12.7. The minimum Gasteiger partial charge on any atom is -0.291 e. The molecule has 5 heteroatoms. The lowest BCUT2D eigenvalue weighted by atomic mass is 9.95.